The van der Waals surface area contributed by atoms with Crippen molar-refractivity contribution in [3.8, 4) is 22.5 Å². The highest BCUT2D eigenvalue weighted by atomic mass is 19.1. The summed E-state index contributed by atoms with van der Waals surface area (Å²) in [5.41, 5.74) is 9.54. The Balaban J connectivity index is 1.32. The molecule has 0 N–H and O–H groups in total. The molecule has 232 valence electrons. The fraction of sp³-hybridized carbons (Fsp3) is 0. The Morgan fingerprint density at radius 1 is 0.440 bits per heavy atom. The SMILES string of the molecule is Fc1cc(F)c(-c2cc3c4c(c2)-n2c5cc6ccccc6cc5c5cccc(c52)B4c2cccc4c5cc6ccccc6cc5n-3c24)c(F)c1. The fourth-order valence-corrected chi connectivity index (χ4v) is 9.25. The van der Waals surface area contributed by atoms with Gasteiger partial charge in [-0.2, -0.15) is 0 Å². The van der Waals surface area contributed by atoms with E-state index in [2.05, 4.69) is 106 Å². The molecule has 4 heterocycles. The van der Waals surface area contributed by atoms with Gasteiger partial charge in [-0.25, -0.2) is 13.2 Å². The van der Waals surface area contributed by atoms with Crippen LogP contribution in [0, 0.1) is 17.5 Å². The molecule has 0 aliphatic carbocycles. The average Bonchev–Trinajstić information content (AvgIpc) is 3.62. The van der Waals surface area contributed by atoms with E-state index in [0.717, 1.165) is 94.1 Å². The van der Waals surface area contributed by atoms with Gasteiger partial charge in [0.1, 0.15) is 17.5 Å². The monoisotopic (exact) mass is 646 g/mol. The van der Waals surface area contributed by atoms with Crippen molar-refractivity contribution in [1.82, 2.24) is 9.13 Å². The first-order chi connectivity index (χ1) is 24.5. The topological polar surface area (TPSA) is 9.86 Å². The van der Waals surface area contributed by atoms with Crippen molar-refractivity contribution in [2.24, 2.45) is 0 Å². The first kappa shape index (κ1) is 26.7. The molecular formula is C44H22BF3N2. The third-order valence-corrected chi connectivity index (χ3v) is 11.2. The van der Waals surface area contributed by atoms with Crippen molar-refractivity contribution >= 4 is 88.3 Å². The van der Waals surface area contributed by atoms with Gasteiger partial charge in [0, 0.05) is 56.1 Å². The molecule has 2 aromatic heterocycles. The first-order valence-electron chi connectivity index (χ1n) is 16.8. The van der Waals surface area contributed by atoms with Crippen LogP contribution in [0.2, 0.25) is 0 Å². The van der Waals surface area contributed by atoms with E-state index >= 15 is 8.78 Å². The number of hydrogen-bond acceptors (Lipinski definition) is 0. The minimum Gasteiger partial charge on any atom is -0.310 e. The number of benzene rings is 8. The zero-order valence-electron chi connectivity index (χ0n) is 26.3. The van der Waals surface area contributed by atoms with Crippen LogP contribution in [0.4, 0.5) is 13.2 Å². The molecule has 0 atom stereocenters. The molecule has 0 radical (unpaired) electrons. The van der Waals surface area contributed by atoms with E-state index in [9.17, 15) is 4.39 Å². The summed E-state index contributed by atoms with van der Waals surface area (Å²) in [5.74, 6) is -2.80. The lowest BCUT2D eigenvalue weighted by atomic mass is 9.34. The van der Waals surface area contributed by atoms with E-state index in [1.54, 1.807) is 0 Å². The van der Waals surface area contributed by atoms with Crippen LogP contribution in [-0.2, 0) is 0 Å². The molecule has 12 rings (SSSR count). The Hall–Kier alpha value is -6.27. The molecule has 10 aromatic rings. The second-order valence-corrected chi connectivity index (χ2v) is 13.7. The number of rotatable bonds is 1. The predicted molar refractivity (Wildman–Crippen MR) is 200 cm³/mol. The van der Waals surface area contributed by atoms with Crippen LogP contribution >= 0.6 is 0 Å². The lowest BCUT2D eigenvalue weighted by Crippen LogP contribution is -2.59. The maximum absolute atomic E-state index is 15.7. The van der Waals surface area contributed by atoms with Crippen molar-refractivity contribution in [1.29, 1.82) is 0 Å². The fourth-order valence-electron chi connectivity index (χ4n) is 9.25. The Kier molecular flexibility index (Phi) is 4.82. The van der Waals surface area contributed by atoms with Crippen LogP contribution < -0.4 is 16.4 Å². The van der Waals surface area contributed by atoms with Gasteiger partial charge in [-0.15, -0.1) is 0 Å². The van der Waals surface area contributed by atoms with Gasteiger partial charge in [-0.05, 0) is 79.9 Å². The van der Waals surface area contributed by atoms with Crippen molar-refractivity contribution in [3.05, 3.63) is 151 Å². The van der Waals surface area contributed by atoms with Gasteiger partial charge in [0.25, 0.3) is 6.71 Å². The maximum Gasteiger partial charge on any atom is 0.252 e. The molecular weight excluding hydrogens is 624 g/mol. The third-order valence-electron chi connectivity index (χ3n) is 11.2. The van der Waals surface area contributed by atoms with Crippen LogP contribution in [-0.4, -0.2) is 15.8 Å². The number of para-hydroxylation sites is 2. The number of hydrogen-bond donors (Lipinski definition) is 0. The van der Waals surface area contributed by atoms with Crippen molar-refractivity contribution in [2.75, 3.05) is 0 Å². The molecule has 0 bridgehead atoms. The summed E-state index contributed by atoms with van der Waals surface area (Å²) in [6, 6.07) is 44.1. The van der Waals surface area contributed by atoms with E-state index < -0.39 is 17.5 Å². The predicted octanol–water partition coefficient (Wildman–Crippen LogP) is 9.41. The zero-order valence-corrected chi connectivity index (χ0v) is 26.3. The molecule has 2 aliphatic heterocycles. The van der Waals surface area contributed by atoms with Crippen LogP contribution in [0.5, 0.6) is 0 Å². The van der Waals surface area contributed by atoms with E-state index in [1.807, 2.05) is 24.3 Å². The molecule has 8 aromatic carbocycles. The number of nitrogens with zero attached hydrogens (tertiary/aromatic N) is 2. The molecule has 0 spiro atoms. The molecule has 50 heavy (non-hydrogen) atoms. The minimum atomic E-state index is -0.944. The standard InChI is InChI=1S/C44H22BF3N2/c46-28-21-35(47)41(36(48)22-28)27-19-39-42-40(20-27)50-38-18-26-10-4-2-8-24(26)16-32(38)30-12-6-14-34(44(30)50)45(42)33-13-5-11-29-31-15-23-7-1-3-9-25(23)17-37(31)49(39)43(29)33/h1-22H. The average molecular weight is 646 g/mol. The molecule has 0 fully saturated rings. The summed E-state index contributed by atoms with van der Waals surface area (Å²) in [5, 5.41) is 9.01. The normalized spacial score (nSPS) is 13.1. The minimum absolute atomic E-state index is 0.123. The van der Waals surface area contributed by atoms with Gasteiger partial charge in [0.05, 0.1) is 16.6 Å². The van der Waals surface area contributed by atoms with E-state index in [0.29, 0.717) is 5.56 Å². The second kappa shape index (κ2) is 9.04. The molecule has 0 amide bonds. The van der Waals surface area contributed by atoms with Gasteiger partial charge < -0.3 is 9.13 Å². The largest absolute Gasteiger partial charge is 0.310 e. The van der Waals surface area contributed by atoms with Crippen LogP contribution in [0.1, 0.15) is 0 Å². The number of halogens is 3. The second-order valence-electron chi connectivity index (χ2n) is 13.7. The summed E-state index contributed by atoms with van der Waals surface area (Å²) in [6.45, 7) is -0.123. The lowest BCUT2D eigenvalue weighted by Gasteiger charge is -2.34. The van der Waals surface area contributed by atoms with Crippen LogP contribution in [0.3, 0.4) is 0 Å². The molecule has 0 saturated carbocycles. The molecule has 2 aliphatic rings. The first-order valence-corrected chi connectivity index (χ1v) is 16.8. The van der Waals surface area contributed by atoms with E-state index in [-0.39, 0.29) is 12.3 Å². The quantitative estimate of drug-likeness (QED) is 0.157. The van der Waals surface area contributed by atoms with Gasteiger partial charge >= 0.3 is 0 Å². The number of aromatic nitrogens is 2. The Morgan fingerprint density at radius 2 is 0.900 bits per heavy atom. The van der Waals surface area contributed by atoms with Gasteiger partial charge in [0.2, 0.25) is 0 Å². The third kappa shape index (κ3) is 3.17. The lowest BCUT2D eigenvalue weighted by molar-refractivity contribution is 0.548. The maximum atomic E-state index is 15.7. The highest BCUT2D eigenvalue weighted by Crippen LogP contribution is 2.42. The molecule has 0 unspecified atom stereocenters. The van der Waals surface area contributed by atoms with Crippen molar-refractivity contribution in [3.63, 3.8) is 0 Å². The summed E-state index contributed by atoms with van der Waals surface area (Å²) >= 11 is 0. The molecule has 6 heteroatoms. The smallest absolute Gasteiger partial charge is 0.252 e. The molecule has 2 nitrogen and oxygen atoms in total. The van der Waals surface area contributed by atoms with E-state index in [1.165, 1.54) is 10.9 Å². The molecule has 0 saturated heterocycles. The highest BCUT2D eigenvalue weighted by Gasteiger charge is 2.41. The summed E-state index contributed by atoms with van der Waals surface area (Å²) < 4.78 is 50.3. The Morgan fingerprint density at radius 3 is 1.38 bits per heavy atom. The number of fused-ring (bicyclic) bond motifs is 12. The van der Waals surface area contributed by atoms with Crippen LogP contribution in [0.25, 0.3) is 87.7 Å². The summed E-state index contributed by atoms with van der Waals surface area (Å²) in [7, 11) is 0. The van der Waals surface area contributed by atoms with Crippen LogP contribution in [0.15, 0.2) is 133 Å². The summed E-state index contributed by atoms with van der Waals surface area (Å²) in [4.78, 5) is 0. The van der Waals surface area contributed by atoms with Crippen molar-refractivity contribution < 1.29 is 13.2 Å². The van der Waals surface area contributed by atoms with Gasteiger partial charge in [-0.1, -0.05) is 84.9 Å². The van der Waals surface area contributed by atoms with Crippen molar-refractivity contribution in [2.45, 2.75) is 0 Å². The summed E-state index contributed by atoms with van der Waals surface area (Å²) in [6.07, 6.45) is 0. The van der Waals surface area contributed by atoms with Gasteiger partial charge in [-0.3, -0.25) is 0 Å². The Bertz CT molecular complexity index is 3000. The van der Waals surface area contributed by atoms with E-state index in [4.69, 9.17) is 0 Å². The Labute approximate surface area is 283 Å². The highest BCUT2D eigenvalue weighted by molar-refractivity contribution is 7.00. The zero-order chi connectivity index (χ0) is 33.0. The van der Waals surface area contributed by atoms with Gasteiger partial charge in [0.15, 0.2) is 0 Å².